The molecule has 0 unspecified atom stereocenters. The second-order valence-corrected chi connectivity index (χ2v) is 7.27. The molecular formula is C18H20N2O6S2. The molecule has 8 nitrogen and oxygen atoms in total. The molecular weight excluding hydrogens is 404 g/mol. The number of amides is 2. The Labute approximate surface area is 171 Å². The zero-order valence-electron chi connectivity index (χ0n) is 15.4. The summed E-state index contributed by atoms with van der Waals surface area (Å²) in [6, 6.07) is 5.33. The highest BCUT2D eigenvalue weighted by atomic mass is 32.2. The zero-order valence-corrected chi connectivity index (χ0v) is 17.0. The number of thioether (sulfide) groups is 1. The van der Waals surface area contributed by atoms with Crippen molar-refractivity contribution < 1.29 is 29.0 Å². The lowest BCUT2D eigenvalue weighted by Gasteiger charge is -2.13. The van der Waals surface area contributed by atoms with E-state index in [4.69, 9.17) is 26.8 Å². The number of hydrogen-bond acceptors (Lipinski definition) is 7. The molecule has 0 radical (unpaired) electrons. The molecule has 0 spiro atoms. The quantitative estimate of drug-likeness (QED) is 0.457. The van der Waals surface area contributed by atoms with E-state index in [0.717, 1.165) is 17.3 Å². The number of nitrogens with one attached hydrogen (secondary N) is 1. The second-order valence-electron chi connectivity index (χ2n) is 5.60. The van der Waals surface area contributed by atoms with Gasteiger partial charge < -0.3 is 19.9 Å². The molecule has 0 aliphatic carbocycles. The Bertz CT molecular complexity index is 824. The molecule has 0 atom stereocenters. The predicted octanol–water partition coefficient (Wildman–Crippen LogP) is 1.89. The molecule has 1 aromatic rings. The van der Waals surface area contributed by atoms with Gasteiger partial charge >= 0.3 is 5.97 Å². The van der Waals surface area contributed by atoms with Crippen LogP contribution in [0.5, 0.6) is 11.5 Å². The van der Waals surface area contributed by atoms with E-state index < -0.39 is 18.4 Å². The number of aliphatic carboxylic acids is 1. The SMILES string of the molecule is CCOc1ccc(/C=C2\SC(=S)N(CCC(=O)NCC(=O)O)C2=O)cc1OC. The largest absolute Gasteiger partial charge is 0.493 e. The molecule has 2 amide bonds. The maximum Gasteiger partial charge on any atom is 0.322 e. The van der Waals surface area contributed by atoms with Gasteiger partial charge in [-0.05, 0) is 30.7 Å². The van der Waals surface area contributed by atoms with Crippen molar-refractivity contribution in [3.63, 3.8) is 0 Å². The van der Waals surface area contributed by atoms with E-state index in [-0.39, 0.29) is 18.9 Å². The van der Waals surface area contributed by atoms with Crippen LogP contribution >= 0.6 is 24.0 Å². The van der Waals surface area contributed by atoms with E-state index in [1.165, 1.54) is 12.0 Å². The van der Waals surface area contributed by atoms with Crippen LogP contribution in [0.3, 0.4) is 0 Å². The van der Waals surface area contributed by atoms with Gasteiger partial charge in [-0.1, -0.05) is 30.0 Å². The summed E-state index contributed by atoms with van der Waals surface area (Å²) in [5, 5.41) is 10.8. The van der Waals surface area contributed by atoms with Gasteiger partial charge in [0.25, 0.3) is 5.91 Å². The van der Waals surface area contributed by atoms with Crippen molar-refractivity contribution in [2.24, 2.45) is 0 Å². The van der Waals surface area contributed by atoms with E-state index >= 15 is 0 Å². The third kappa shape index (κ3) is 5.70. The van der Waals surface area contributed by atoms with E-state index in [0.29, 0.717) is 27.3 Å². The van der Waals surface area contributed by atoms with E-state index in [2.05, 4.69) is 5.32 Å². The average molecular weight is 425 g/mol. The number of carbonyl (C=O) groups is 3. The Hall–Kier alpha value is -2.59. The Morgan fingerprint density at radius 3 is 2.75 bits per heavy atom. The maximum absolute atomic E-state index is 12.6. The molecule has 1 fully saturated rings. The van der Waals surface area contributed by atoms with Crippen molar-refractivity contribution in [3.8, 4) is 11.5 Å². The van der Waals surface area contributed by atoms with E-state index in [9.17, 15) is 14.4 Å². The fourth-order valence-electron chi connectivity index (χ4n) is 2.37. The molecule has 28 heavy (non-hydrogen) atoms. The van der Waals surface area contributed by atoms with Gasteiger partial charge in [-0.3, -0.25) is 19.3 Å². The molecule has 0 saturated carbocycles. The number of carboxylic acid groups (broad SMARTS) is 1. The van der Waals surface area contributed by atoms with Gasteiger partial charge in [-0.15, -0.1) is 0 Å². The van der Waals surface area contributed by atoms with Crippen molar-refractivity contribution in [2.45, 2.75) is 13.3 Å². The summed E-state index contributed by atoms with van der Waals surface area (Å²) >= 11 is 6.38. The summed E-state index contributed by atoms with van der Waals surface area (Å²) in [6.45, 7) is 2.01. The minimum Gasteiger partial charge on any atom is -0.493 e. The summed E-state index contributed by atoms with van der Waals surface area (Å²) in [7, 11) is 1.54. The minimum absolute atomic E-state index is 0.0378. The molecule has 1 aliphatic heterocycles. The molecule has 2 rings (SSSR count). The summed E-state index contributed by atoms with van der Waals surface area (Å²) < 4.78 is 11.1. The molecule has 1 saturated heterocycles. The number of methoxy groups -OCH3 is 1. The van der Waals surface area contributed by atoms with E-state index in [1.54, 1.807) is 24.3 Å². The molecule has 1 aliphatic rings. The van der Waals surface area contributed by atoms with Crippen LogP contribution in [0.2, 0.25) is 0 Å². The number of thiocarbonyl (C=S) groups is 1. The maximum atomic E-state index is 12.6. The van der Waals surface area contributed by atoms with Crippen LogP contribution in [-0.2, 0) is 14.4 Å². The highest BCUT2D eigenvalue weighted by Gasteiger charge is 2.32. The molecule has 0 bridgehead atoms. The normalized spacial score (nSPS) is 15.1. The van der Waals surface area contributed by atoms with Gasteiger partial charge in [0.1, 0.15) is 10.9 Å². The predicted molar refractivity (Wildman–Crippen MR) is 109 cm³/mol. The van der Waals surface area contributed by atoms with Crippen molar-refractivity contribution in [2.75, 3.05) is 26.8 Å². The summed E-state index contributed by atoms with van der Waals surface area (Å²) in [5.41, 5.74) is 0.750. The van der Waals surface area contributed by atoms with Crippen LogP contribution in [0.15, 0.2) is 23.1 Å². The first-order valence-electron chi connectivity index (χ1n) is 8.40. The van der Waals surface area contributed by atoms with Gasteiger partial charge in [-0.2, -0.15) is 0 Å². The molecule has 2 N–H and O–H groups in total. The van der Waals surface area contributed by atoms with Gasteiger partial charge in [0.2, 0.25) is 5.91 Å². The molecule has 0 aromatic heterocycles. The summed E-state index contributed by atoms with van der Waals surface area (Å²) in [5.74, 6) is -0.721. The number of carbonyl (C=O) groups excluding carboxylic acids is 2. The van der Waals surface area contributed by atoms with Crippen molar-refractivity contribution in [1.82, 2.24) is 10.2 Å². The number of benzene rings is 1. The fourth-order valence-corrected chi connectivity index (χ4v) is 3.68. The Morgan fingerprint density at radius 2 is 2.11 bits per heavy atom. The third-order valence-electron chi connectivity index (χ3n) is 3.66. The van der Waals surface area contributed by atoms with Gasteiger partial charge in [0, 0.05) is 13.0 Å². The van der Waals surface area contributed by atoms with Crippen LogP contribution in [0, 0.1) is 0 Å². The number of carboxylic acids is 1. The molecule has 1 heterocycles. The van der Waals surface area contributed by atoms with Crippen LogP contribution in [0.1, 0.15) is 18.9 Å². The number of hydrogen-bond donors (Lipinski definition) is 2. The topological polar surface area (TPSA) is 105 Å². The van der Waals surface area contributed by atoms with Gasteiger partial charge in [-0.25, -0.2) is 0 Å². The van der Waals surface area contributed by atoms with E-state index in [1.807, 2.05) is 6.92 Å². The lowest BCUT2D eigenvalue weighted by atomic mass is 10.2. The highest BCUT2D eigenvalue weighted by Crippen LogP contribution is 2.34. The first-order valence-corrected chi connectivity index (χ1v) is 9.62. The van der Waals surface area contributed by atoms with Gasteiger partial charge in [0.05, 0.1) is 18.6 Å². The number of nitrogens with zero attached hydrogens (tertiary/aromatic N) is 1. The number of ether oxygens (including phenoxy) is 2. The lowest BCUT2D eigenvalue weighted by molar-refractivity contribution is -0.138. The van der Waals surface area contributed by atoms with Crippen molar-refractivity contribution in [1.29, 1.82) is 0 Å². The smallest absolute Gasteiger partial charge is 0.322 e. The highest BCUT2D eigenvalue weighted by molar-refractivity contribution is 8.26. The Balaban J connectivity index is 2.06. The number of rotatable bonds is 9. The van der Waals surface area contributed by atoms with Crippen molar-refractivity contribution >= 4 is 52.2 Å². The van der Waals surface area contributed by atoms with Crippen LogP contribution in [-0.4, -0.2) is 58.9 Å². The first-order chi connectivity index (χ1) is 13.3. The zero-order chi connectivity index (χ0) is 20.7. The standard InChI is InChI=1S/C18H20N2O6S2/c1-3-26-12-5-4-11(8-13(12)25-2)9-14-17(24)20(18(27)28-14)7-6-15(21)19-10-16(22)23/h4-5,8-9H,3,6-7,10H2,1-2H3,(H,19,21)(H,22,23)/b14-9-. The van der Waals surface area contributed by atoms with Crippen molar-refractivity contribution in [3.05, 3.63) is 28.7 Å². The summed E-state index contributed by atoms with van der Waals surface area (Å²) in [4.78, 5) is 36.5. The first kappa shape index (κ1) is 21.7. The Morgan fingerprint density at radius 1 is 1.36 bits per heavy atom. The fraction of sp³-hybridized carbons (Fsp3) is 0.333. The minimum atomic E-state index is -1.13. The lowest BCUT2D eigenvalue weighted by Crippen LogP contribution is -2.35. The van der Waals surface area contributed by atoms with Crippen LogP contribution in [0.4, 0.5) is 0 Å². The average Bonchev–Trinajstić information content (AvgIpc) is 2.92. The molecule has 10 heteroatoms. The van der Waals surface area contributed by atoms with Crippen LogP contribution in [0.25, 0.3) is 6.08 Å². The monoisotopic (exact) mass is 424 g/mol. The third-order valence-corrected chi connectivity index (χ3v) is 5.04. The molecule has 1 aromatic carbocycles. The second kappa shape index (κ2) is 10.1. The van der Waals surface area contributed by atoms with Gasteiger partial charge in [0.15, 0.2) is 11.5 Å². The van der Waals surface area contributed by atoms with Crippen LogP contribution < -0.4 is 14.8 Å². The molecule has 150 valence electrons. The summed E-state index contributed by atoms with van der Waals surface area (Å²) in [6.07, 6.45) is 1.66. The Kier molecular flexibility index (Phi) is 7.82.